The summed E-state index contributed by atoms with van der Waals surface area (Å²) in [6.45, 7) is 19.7. The molecule has 4 N–H and O–H groups in total. The van der Waals surface area contributed by atoms with E-state index in [1.807, 2.05) is 41.5 Å². The molecule has 2 aliphatic carbocycles. The normalized spacial score (nSPS) is 27.1. The van der Waals surface area contributed by atoms with Gasteiger partial charge in [0.2, 0.25) is 0 Å². The summed E-state index contributed by atoms with van der Waals surface area (Å²) in [6.07, 6.45) is -6.35. The van der Waals surface area contributed by atoms with Crippen molar-refractivity contribution in [3.8, 4) is 0 Å². The molecule has 0 aromatic heterocycles. The minimum Gasteiger partial charge on any atom is -0.504 e. The van der Waals surface area contributed by atoms with E-state index in [1.54, 1.807) is 40.7 Å². The van der Waals surface area contributed by atoms with Gasteiger partial charge in [-0.2, -0.15) is 0 Å². The average Bonchev–Trinajstić information content (AvgIpc) is 2.94. The lowest BCUT2D eigenvalue weighted by Crippen LogP contribution is -2.46. The highest BCUT2D eigenvalue weighted by Crippen LogP contribution is 2.35. The number of nitrogens with zero attached hydrogens (tertiary/aromatic N) is 1. The molecule has 0 aromatic carbocycles. The van der Waals surface area contributed by atoms with Crippen LogP contribution in [0.15, 0.2) is 29.2 Å². The molecule has 2 rings (SSSR count). The molecule has 0 bridgehead atoms. The molecule has 1 amide bonds. The largest absolute Gasteiger partial charge is 0.528 e. The molecular weight excluding hydrogens is 692 g/mol. The van der Waals surface area contributed by atoms with Crippen LogP contribution in [0.2, 0.25) is 0 Å². The molecular formula is C38H64N2O13. The molecule has 0 spiro atoms. The number of hydrogen-bond donors (Lipinski definition) is 4. The van der Waals surface area contributed by atoms with E-state index >= 15 is 0 Å². The van der Waals surface area contributed by atoms with Crippen molar-refractivity contribution in [3.05, 3.63) is 29.2 Å². The number of rotatable bonds is 11. The fraction of sp³-hybridized carbons (Fsp3) is 0.789. The highest BCUT2D eigenvalue weighted by atomic mass is 16.8. The standard InChI is InChI=1S/C38H64N2O13/c1-14-37(8,9)39-32(44)47-25-16-15-24(41)18-27(42)30(20-25)51-38(10,11)22-23-17-26(48-34(46)53-40(12)13)19-28(43)31(50-35(2,3)4)21-29(23)49-33(45)52-36(5,6)7/h16-17,25-31,41-43H,14,18-22H2,1-13H3,(H,39,44)/b23-17+. The fourth-order valence-corrected chi connectivity index (χ4v) is 5.68. The van der Waals surface area contributed by atoms with Crippen LogP contribution in [-0.2, 0) is 33.3 Å². The minimum absolute atomic E-state index is 0.0170. The van der Waals surface area contributed by atoms with Crippen molar-refractivity contribution in [2.75, 3.05) is 14.1 Å². The summed E-state index contributed by atoms with van der Waals surface area (Å²) >= 11 is 0. The van der Waals surface area contributed by atoms with Gasteiger partial charge in [0.05, 0.1) is 35.6 Å². The van der Waals surface area contributed by atoms with Crippen LogP contribution < -0.4 is 5.32 Å². The molecule has 0 heterocycles. The summed E-state index contributed by atoms with van der Waals surface area (Å²) < 4.78 is 35.5. The highest BCUT2D eigenvalue weighted by molar-refractivity contribution is 5.68. The third-order valence-electron chi connectivity index (χ3n) is 8.22. The van der Waals surface area contributed by atoms with Gasteiger partial charge in [-0.1, -0.05) is 12.7 Å². The number of carbonyl (C=O) groups is 3. The molecule has 0 aliphatic heterocycles. The van der Waals surface area contributed by atoms with Crippen molar-refractivity contribution in [2.24, 2.45) is 0 Å². The predicted octanol–water partition coefficient (Wildman–Crippen LogP) is 6.16. The highest BCUT2D eigenvalue weighted by Gasteiger charge is 2.40. The average molecular weight is 757 g/mol. The van der Waals surface area contributed by atoms with Gasteiger partial charge in [0.25, 0.3) is 0 Å². The van der Waals surface area contributed by atoms with Gasteiger partial charge in [-0.15, -0.1) is 5.06 Å². The van der Waals surface area contributed by atoms with E-state index in [1.165, 1.54) is 20.2 Å². The first-order valence-electron chi connectivity index (χ1n) is 18.2. The molecule has 0 aromatic rings. The van der Waals surface area contributed by atoms with E-state index in [4.69, 9.17) is 33.3 Å². The van der Waals surface area contributed by atoms with Crippen molar-refractivity contribution >= 4 is 18.4 Å². The lowest BCUT2D eigenvalue weighted by molar-refractivity contribution is -0.143. The molecule has 2 aliphatic rings. The predicted molar refractivity (Wildman–Crippen MR) is 195 cm³/mol. The first kappa shape index (κ1) is 45.8. The number of nitrogens with one attached hydrogen (secondary N) is 1. The number of ether oxygens (including phenoxy) is 6. The topological polar surface area (TPSA) is 192 Å². The molecule has 0 saturated heterocycles. The van der Waals surface area contributed by atoms with Gasteiger partial charge in [-0.05, 0) is 87.3 Å². The number of hydrogen-bond acceptors (Lipinski definition) is 14. The second-order valence-electron chi connectivity index (χ2n) is 17.1. The summed E-state index contributed by atoms with van der Waals surface area (Å²) in [7, 11) is 3.02. The Bertz CT molecular complexity index is 1340. The van der Waals surface area contributed by atoms with Gasteiger partial charge in [-0.3, -0.25) is 0 Å². The lowest BCUT2D eigenvalue weighted by Gasteiger charge is -2.39. The summed E-state index contributed by atoms with van der Waals surface area (Å²) in [5.74, 6) is -0.242. The van der Waals surface area contributed by atoms with Crippen molar-refractivity contribution in [1.82, 2.24) is 10.4 Å². The number of aliphatic hydroxyl groups excluding tert-OH is 3. The molecule has 0 fully saturated rings. The summed E-state index contributed by atoms with van der Waals surface area (Å²) in [5, 5.41) is 36.9. The third-order valence-corrected chi connectivity index (χ3v) is 8.22. The van der Waals surface area contributed by atoms with Crippen LogP contribution in [0, 0.1) is 0 Å². The summed E-state index contributed by atoms with van der Waals surface area (Å²) in [6, 6.07) is 0. The third kappa shape index (κ3) is 17.6. The molecule has 304 valence electrons. The maximum atomic E-state index is 13.1. The first-order chi connectivity index (χ1) is 24.2. The Hall–Kier alpha value is -3.33. The number of aliphatic hydroxyl groups is 3. The molecule has 53 heavy (non-hydrogen) atoms. The minimum atomic E-state index is -1.21. The van der Waals surface area contributed by atoms with Gasteiger partial charge < -0.3 is 53.9 Å². The Balaban J connectivity index is 2.54. The summed E-state index contributed by atoms with van der Waals surface area (Å²) in [5.41, 5.74) is -0.113. The zero-order valence-corrected chi connectivity index (χ0v) is 33.8. The van der Waals surface area contributed by atoms with E-state index in [9.17, 15) is 29.7 Å². The molecule has 0 radical (unpaired) electrons. The van der Waals surface area contributed by atoms with Crippen LogP contribution in [0.1, 0.15) is 115 Å². The number of alkyl carbamates (subject to hydrolysis) is 1. The number of carbonyl (C=O) groups excluding carboxylic acids is 3. The number of hydroxylamine groups is 2. The van der Waals surface area contributed by atoms with Crippen molar-refractivity contribution < 1.29 is 63.0 Å². The van der Waals surface area contributed by atoms with Crippen molar-refractivity contribution in [3.63, 3.8) is 0 Å². The number of amides is 1. The fourth-order valence-electron chi connectivity index (χ4n) is 5.68. The van der Waals surface area contributed by atoms with Crippen molar-refractivity contribution in [1.29, 1.82) is 0 Å². The lowest BCUT2D eigenvalue weighted by atomic mass is 9.86. The Morgan fingerprint density at radius 2 is 1.45 bits per heavy atom. The van der Waals surface area contributed by atoms with E-state index < -0.39 is 83.5 Å². The molecule has 15 nitrogen and oxygen atoms in total. The van der Waals surface area contributed by atoms with E-state index in [2.05, 4.69) is 11.0 Å². The maximum absolute atomic E-state index is 13.1. The van der Waals surface area contributed by atoms with Gasteiger partial charge in [0, 0.05) is 57.8 Å². The zero-order chi connectivity index (χ0) is 40.5. The Labute approximate surface area is 314 Å². The van der Waals surface area contributed by atoms with E-state index in [-0.39, 0.29) is 37.9 Å². The molecule has 7 atom stereocenters. The van der Waals surface area contributed by atoms with Crippen LogP contribution in [0.3, 0.4) is 0 Å². The second-order valence-corrected chi connectivity index (χ2v) is 17.1. The SMILES string of the molecule is CCC(C)(C)NC(=O)OC1C=C=C(O)CC(O)C(OC(C)(C)C/C2=C\C(OC(=O)ON(C)C)CC(O)C(OC(C)(C)C)CC2OC(=O)OC(C)(C)C)C1. The quantitative estimate of drug-likeness (QED) is 0.0616. The zero-order valence-electron chi connectivity index (χ0n) is 33.8. The van der Waals surface area contributed by atoms with Crippen molar-refractivity contribution in [2.45, 2.75) is 180 Å². The summed E-state index contributed by atoms with van der Waals surface area (Å²) in [4.78, 5) is 43.7. The van der Waals surface area contributed by atoms with Crippen LogP contribution in [-0.4, -0.2) is 118 Å². The van der Waals surface area contributed by atoms with Gasteiger partial charge in [-0.25, -0.2) is 14.4 Å². The smallest absolute Gasteiger partial charge is 0.504 e. The second kappa shape index (κ2) is 18.8. The van der Waals surface area contributed by atoms with Crippen LogP contribution in [0.25, 0.3) is 0 Å². The van der Waals surface area contributed by atoms with Gasteiger partial charge in [0.15, 0.2) is 0 Å². The Morgan fingerprint density at radius 1 is 0.830 bits per heavy atom. The first-order valence-corrected chi connectivity index (χ1v) is 18.2. The molecule has 0 saturated carbocycles. The van der Waals surface area contributed by atoms with E-state index in [0.29, 0.717) is 12.0 Å². The van der Waals surface area contributed by atoms with Crippen LogP contribution in [0.5, 0.6) is 0 Å². The van der Waals surface area contributed by atoms with Gasteiger partial charge in [0.1, 0.15) is 29.7 Å². The maximum Gasteiger partial charge on any atom is 0.528 e. The monoisotopic (exact) mass is 756 g/mol. The van der Waals surface area contributed by atoms with Crippen LogP contribution in [0.4, 0.5) is 14.4 Å². The Kier molecular flexibility index (Phi) is 16.3. The molecule has 15 heteroatoms. The van der Waals surface area contributed by atoms with E-state index in [0.717, 1.165) is 5.06 Å². The Morgan fingerprint density at radius 3 is 2.02 bits per heavy atom. The van der Waals surface area contributed by atoms with Gasteiger partial charge >= 0.3 is 18.4 Å². The van der Waals surface area contributed by atoms with Crippen LogP contribution >= 0.6 is 0 Å². The molecule has 7 unspecified atom stereocenters.